The van der Waals surface area contributed by atoms with Crippen LogP contribution in [0.3, 0.4) is 0 Å². The highest BCUT2D eigenvalue weighted by molar-refractivity contribution is 5.89. The Morgan fingerprint density at radius 3 is 2.72 bits per heavy atom. The number of rotatable bonds is 4. The highest BCUT2D eigenvalue weighted by Gasteiger charge is 2.13. The molecule has 2 rings (SSSR count). The molecule has 0 bridgehead atoms. The van der Waals surface area contributed by atoms with Gasteiger partial charge in [-0.2, -0.15) is 0 Å². The first-order valence-corrected chi connectivity index (χ1v) is 5.87. The van der Waals surface area contributed by atoms with Crippen molar-refractivity contribution in [1.29, 1.82) is 0 Å². The van der Waals surface area contributed by atoms with Crippen LogP contribution in [0.4, 0.5) is 5.69 Å². The normalized spacial score (nSPS) is 10.3. The van der Waals surface area contributed by atoms with E-state index in [0.717, 1.165) is 5.56 Å². The SMILES string of the molecule is CCOC(=O)c1cc(N)cn1Cc1ccccc1. The topological polar surface area (TPSA) is 57.2 Å². The average molecular weight is 244 g/mol. The molecule has 0 fully saturated rings. The van der Waals surface area contributed by atoms with Gasteiger partial charge < -0.3 is 15.0 Å². The molecule has 2 aromatic rings. The first kappa shape index (κ1) is 12.2. The number of anilines is 1. The van der Waals surface area contributed by atoms with E-state index in [2.05, 4.69) is 0 Å². The van der Waals surface area contributed by atoms with Crippen molar-refractivity contribution < 1.29 is 9.53 Å². The van der Waals surface area contributed by atoms with E-state index in [1.165, 1.54) is 0 Å². The van der Waals surface area contributed by atoms with Gasteiger partial charge in [-0.3, -0.25) is 0 Å². The van der Waals surface area contributed by atoms with Crippen LogP contribution in [0.1, 0.15) is 23.0 Å². The largest absolute Gasteiger partial charge is 0.461 e. The number of esters is 1. The number of aromatic nitrogens is 1. The Labute approximate surface area is 106 Å². The van der Waals surface area contributed by atoms with Crippen molar-refractivity contribution in [2.45, 2.75) is 13.5 Å². The van der Waals surface area contributed by atoms with Crippen molar-refractivity contribution >= 4 is 11.7 Å². The minimum atomic E-state index is -0.342. The quantitative estimate of drug-likeness (QED) is 0.839. The monoisotopic (exact) mass is 244 g/mol. The van der Waals surface area contributed by atoms with Gasteiger partial charge >= 0.3 is 5.97 Å². The molecule has 0 saturated heterocycles. The van der Waals surface area contributed by atoms with Gasteiger partial charge in [0.25, 0.3) is 0 Å². The number of nitrogen functional groups attached to an aromatic ring is 1. The van der Waals surface area contributed by atoms with Gasteiger partial charge in [0, 0.05) is 12.7 Å². The molecular weight excluding hydrogens is 228 g/mol. The molecule has 18 heavy (non-hydrogen) atoms. The smallest absolute Gasteiger partial charge is 0.355 e. The Kier molecular flexibility index (Phi) is 3.67. The summed E-state index contributed by atoms with van der Waals surface area (Å²) in [6.45, 7) is 2.74. The third-order valence-corrected chi connectivity index (χ3v) is 2.60. The van der Waals surface area contributed by atoms with Crippen LogP contribution in [-0.2, 0) is 11.3 Å². The zero-order valence-corrected chi connectivity index (χ0v) is 10.3. The minimum Gasteiger partial charge on any atom is -0.461 e. The van der Waals surface area contributed by atoms with E-state index in [9.17, 15) is 4.79 Å². The van der Waals surface area contributed by atoms with Crippen LogP contribution in [0, 0.1) is 0 Å². The van der Waals surface area contributed by atoms with Crippen molar-refractivity contribution in [3.05, 3.63) is 53.9 Å². The van der Waals surface area contributed by atoms with Gasteiger partial charge in [0.2, 0.25) is 0 Å². The number of nitrogens with two attached hydrogens (primary N) is 1. The number of nitrogens with zero attached hydrogens (tertiary/aromatic N) is 1. The van der Waals surface area contributed by atoms with E-state index in [4.69, 9.17) is 10.5 Å². The van der Waals surface area contributed by atoms with Crippen LogP contribution in [0.5, 0.6) is 0 Å². The maximum absolute atomic E-state index is 11.8. The van der Waals surface area contributed by atoms with Crippen LogP contribution in [0.2, 0.25) is 0 Å². The van der Waals surface area contributed by atoms with Crippen molar-refractivity contribution in [3.63, 3.8) is 0 Å². The molecule has 0 saturated carbocycles. The summed E-state index contributed by atoms with van der Waals surface area (Å²) in [7, 11) is 0. The summed E-state index contributed by atoms with van der Waals surface area (Å²) >= 11 is 0. The van der Waals surface area contributed by atoms with Gasteiger partial charge in [-0.05, 0) is 18.6 Å². The summed E-state index contributed by atoms with van der Waals surface area (Å²) in [6, 6.07) is 11.5. The molecule has 1 aromatic carbocycles. The Bertz CT molecular complexity index is 532. The second-order valence-corrected chi connectivity index (χ2v) is 3.99. The van der Waals surface area contributed by atoms with E-state index in [-0.39, 0.29) is 5.97 Å². The fraction of sp³-hybridized carbons (Fsp3) is 0.214. The molecule has 1 heterocycles. The molecule has 0 atom stereocenters. The summed E-state index contributed by atoms with van der Waals surface area (Å²) in [4.78, 5) is 11.8. The Morgan fingerprint density at radius 2 is 2.06 bits per heavy atom. The Hall–Kier alpha value is -2.23. The molecule has 4 nitrogen and oxygen atoms in total. The number of carbonyl (C=O) groups is 1. The maximum atomic E-state index is 11.8. The molecular formula is C14H16N2O2. The van der Waals surface area contributed by atoms with E-state index >= 15 is 0 Å². The van der Waals surface area contributed by atoms with Gasteiger partial charge in [0.05, 0.1) is 12.3 Å². The van der Waals surface area contributed by atoms with Crippen molar-refractivity contribution in [2.24, 2.45) is 0 Å². The van der Waals surface area contributed by atoms with Crippen molar-refractivity contribution in [3.8, 4) is 0 Å². The lowest BCUT2D eigenvalue weighted by Crippen LogP contribution is -2.12. The van der Waals surface area contributed by atoms with Gasteiger partial charge in [-0.15, -0.1) is 0 Å². The third kappa shape index (κ3) is 2.71. The van der Waals surface area contributed by atoms with Crippen molar-refractivity contribution in [1.82, 2.24) is 4.57 Å². The molecule has 0 aliphatic rings. The highest BCUT2D eigenvalue weighted by Crippen LogP contribution is 2.14. The molecule has 1 aromatic heterocycles. The number of carbonyl (C=O) groups excluding carboxylic acids is 1. The molecule has 0 radical (unpaired) electrons. The number of hydrogen-bond donors (Lipinski definition) is 1. The Morgan fingerprint density at radius 1 is 1.33 bits per heavy atom. The van der Waals surface area contributed by atoms with E-state index in [0.29, 0.717) is 24.5 Å². The molecule has 2 N–H and O–H groups in total. The summed E-state index contributed by atoms with van der Waals surface area (Å²) in [5.41, 5.74) is 7.90. The van der Waals surface area contributed by atoms with Crippen LogP contribution >= 0.6 is 0 Å². The third-order valence-electron chi connectivity index (χ3n) is 2.60. The first-order chi connectivity index (χ1) is 8.70. The summed E-state index contributed by atoms with van der Waals surface area (Å²) in [6.07, 6.45) is 1.75. The molecule has 94 valence electrons. The number of ether oxygens (including phenoxy) is 1. The minimum absolute atomic E-state index is 0.342. The van der Waals surface area contributed by atoms with Crippen LogP contribution < -0.4 is 5.73 Å². The van der Waals surface area contributed by atoms with E-state index in [1.54, 1.807) is 19.2 Å². The number of hydrogen-bond acceptors (Lipinski definition) is 3. The van der Waals surface area contributed by atoms with Crippen LogP contribution in [0.25, 0.3) is 0 Å². The van der Waals surface area contributed by atoms with Gasteiger partial charge in [0.15, 0.2) is 0 Å². The van der Waals surface area contributed by atoms with Crippen LogP contribution in [0.15, 0.2) is 42.6 Å². The van der Waals surface area contributed by atoms with E-state index in [1.807, 2.05) is 34.9 Å². The highest BCUT2D eigenvalue weighted by atomic mass is 16.5. The lowest BCUT2D eigenvalue weighted by molar-refractivity contribution is 0.0514. The summed E-state index contributed by atoms with van der Waals surface area (Å²) in [5, 5.41) is 0. The van der Waals surface area contributed by atoms with Gasteiger partial charge in [-0.1, -0.05) is 30.3 Å². The fourth-order valence-electron chi connectivity index (χ4n) is 1.82. The predicted molar refractivity (Wildman–Crippen MR) is 70.3 cm³/mol. The first-order valence-electron chi connectivity index (χ1n) is 5.87. The number of benzene rings is 1. The molecule has 0 aliphatic carbocycles. The van der Waals surface area contributed by atoms with Gasteiger partial charge in [-0.25, -0.2) is 4.79 Å². The average Bonchev–Trinajstić information content (AvgIpc) is 2.72. The molecule has 0 aliphatic heterocycles. The van der Waals surface area contributed by atoms with Crippen molar-refractivity contribution in [2.75, 3.05) is 12.3 Å². The van der Waals surface area contributed by atoms with Gasteiger partial charge in [0.1, 0.15) is 5.69 Å². The second kappa shape index (κ2) is 5.40. The van der Waals surface area contributed by atoms with Crippen LogP contribution in [-0.4, -0.2) is 17.1 Å². The molecule has 4 heteroatoms. The molecule has 0 spiro atoms. The Balaban J connectivity index is 2.25. The van der Waals surface area contributed by atoms with E-state index < -0.39 is 0 Å². The second-order valence-electron chi connectivity index (χ2n) is 3.99. The fourth-order valence-corrected chi connectivity index (χ4v) is 1.82. The maximum Gasteiger partial charge on any atom is 0.355 e. The summed E-state index contributed by atoms with van der Waals surface area (Å²) < 4.78 is 6.81. The molecule has 0 amide bonds. The predicted octanol–water partition coefficient (Wildman–Crippen LogP) is 2.30. The lowest BCUT2D eigenvalue weighted by atomic mass is 10.2. The lowest BCUT2D eigenvalue weighted by Gasteiger charge is -2.08. The standard InChI is InChI=1S/C14H16N2O2/c1-2-18-14(17)13-8-12(15)10-16(13)9-11-6-4-3-5-7-11/h3-8,10H,2,9,15H2,1H3. The zero-order valence-electron chi connectivity index (χ0n) is 10.3. The molecule has 0 unspecified atom stereocenters. The zero-order chi connectivity index (χ0) is 13.0. The summed E-state index contributed by atoms with van der Waals surface area (Å²) in [5.74, 6) is -0.342.